The Morgan fingerprint density at radius 2 is 2.05 bits per heavy atom. The van der Waals surface area contributed by atoms with E-state index in [1.807, 2.05) is 18.2 Å². The number of nitrogens with two attached hydrogens (primary N) is 1. The molecule has 1 aliphatic rings. The van der Waals surface area contributed by atoms with E-state index in [4.69, 9.17) is 15.2 Å². The van der Waals surface area contributed by atoms with Crippen LogP contribution in [0.2, 0.25) is 0 Å². The van der Waals surface area contributed by atoms with Gasteiger partial charge in [-0.1, -0.05) is 13.0 Å². The summed E-state index contributed by atoms with van der Waals surface area (Å²) in [5.74, 6) is 2.08. The van der Waals surface area contributed by atoms with Gasteiger partial charge in [0.1, 0.15) is 0 Å². The van der Waals surface area contributed by atoms with Gasteiger partial charge < -0.3 is 20.5 Å². The topological polar surface area (TPSA) is 68.9 Å². The van der Waals surface area contributed by atoms with Crippen LogP contribution in [0.5, 0.6) is 11.5 Å². The number of fused-ring (bicyclic) bond motifs is 1. The Morgan fingerprint density at radius 1 is 1.30 bits per heavy atom. The molecule has 2 rings (SSSR count). The van der Waals surface area contributed by atoms with Crippen LogP contribution in [0, 0.1) is 0 Å². The SMILES string of the molecule is CCCNC(N)=NCc1ccc2c(c1)OCCCO2.I. The van der Waals surface area contributed by atoms with Crippen molar-refractivity contribution in [2.75, 3.05) is 19.8 Å². The van der Waals surface area contributed by atoms with E-state index in [1.54, 1.807) is 0 Å². The van der Waals surface area contributed by atoms with E-state index in [9.17, 15) is 0 Å². The van der Waals surface area contributed by atoms with Crippen LogP contribution in [0.25, 0.3) is 0 Å². The van der Waals surface area contributed by atoms with Gasteiger partial charge in [0, 0.05) is 13.0 Å². The molecule has 3 N–H and O–H groups in total. The number of nitrogens with one attached hydrogen (secondary N) is 1. The van der Waals surface area contributed by atoms with Crippen LogP contribution in [0.3, 0.4) is 0 Å². The average molecular weight is 391 g/mol. The highest BCUT2D eigenvalue weighted by atomic mass is 127. The van der Waals surface area contributed by atoms with Crippen LogP contribution in [-0.4, -0.2) is 25.7 Å². The highest BCUT2D eigenvalue weighted by Gasteiger charge is 2.10. The lowest BCUT2D eigenvalue weighted by Gasteiger charge is -2.08. The summed E-state index contributed by atoms with van der Waals surface area (Å²) in [6, 6.07) is 5.89. The second-order valence-electron chi connectivity index (χ2n) is 4.46. The van der Waals surface area contributed by atoms with Crippen molar-refractivity contribution in [2.45, 2.75) is 26.3 Å². The molecule has 1 heterocycles. The van der Waals surface area contributed by atoms with Crippen LogP contribution < -0.4 is 20.5 Å². The number of benzene rings is 1. The molecule has 0 aliphatic carbocycles. The van der Waals surface area contributed by atoms with E-state index in [0.29, 0.717) is 25.7 Å². The minimum absolute atomic E-state index is 0. The van der Waals surface area contributed by atoms with Gasteiger partial charge in [-0.15, -0.1) is 24.0 Å². The lowest BCUT2D eigenvalue weighted by Crippen LogP contribution is -2.32. The maximum Gasteiger partial charge on any atom is 0.188 e. The number of nitrogens with zero attached hydrogens (tertiary/aromatic N) is 1. The average Bonchev–Trinajstić information content (AvgIpc) is 2.67. The van der Waals surface area contributed by atoms with Gasteiger partial charge in [0.25, 0.3) is 0 Å². The summed E-state index contributed by atoms with van der Waals surface area (Å²) >= 11 is 0. The predicted octanol–water partition coefficient (Wildman–Crippen LogP) is 2.28. The normalized spacial score (nSPS) is 14.2. The van der Waals surface area contributed by atoms with Gasteiger partial charge in [0.15, 0.2) is 17.5 Å². The van der Waals surface area contributed by atoms with Gasteiger partial charge in [0.05, 0.1) is 19.8 Å². The van der Waals surface area contributed by atoms with Crippen molar-refractivity contribution in [3.63, 3.8) is 0 Å². The fourth-order valence-corrected chi connectivity index (χ4v) is 1.79. The fraction of sp³-hybridized carbons (Fsp3) is 0.500. The molecule has 20 heavy (non-hydrogen) atoms. The number of hydrogen-bond acceptors (Lipinski definition) is 3. The number of halogens is 1. The van der Waals surface area contributed by atoms with E-state index in [2.05, 4.69) is 17.2 Å². The lowest BCUT2D eigenvalue weighted by atomic mass is 10.2. The fourth-order valence-electron chi connectivity index (χ4n) is 1.79. The zero-order valence-corrected chi connectivity index (χ0v) is 14.1. The van der Waals surface area contributed by atoms with Gasteiger partial charge in [-0.3, -0.25) is 0 Å². The molecule has 1 aromatic carbocycles. The third-order valence-electron chi connectivity index (χ3n) is 2.80. The molecular formula is C14H22IN3O2. The first-order valence-electron chi connectivity index (χ1n) is 6.72. The summed E-state index contributed by atoms with van der Waals surface area (Å²) in [5, 5.41) is 3.05. The molecule has 1 aromatic rings. The minimum Gasteiger partial charge on any atom is -0.490 e. The van der Waals surface area contributed by atoms with Gasteiger partial charge in [-0.2, -0.15) is 0 Å². The Morgan fingerprint density at radius 3 is 2.80 bits per heavy atom. The molecule has 0 unspecified atom stereocenters. The van der Waals surface area contributed by atoms with E-state index in [0.717, 1.165) is 36.4 Å². The third-order valence-corrected chi connectivity index (χ3v) is 2.80. The van der Waals surface area contributed by atoms with Crippen molar-refractivity contribution >= 4 is 29.9 Å². The molecule has 0 saturated carbocycles. The standard InChI is InChI=1S/C14H21N3O2.HI/c1-2-6-16-14(15)17-10-11-4-5-12-13(9-11)19-8-3-7-18-12;/h4-5,9H,2-3,6-8,10H2,1H3,(H3,15,16,17);1H. The van der Waals surface area contributed by atoms with Gasteiger partial charge in [-0.25, -0.2) is 4.99 Å². The molecular weight excluding hydrogens is 369 g/mol. The molecule has 0 bridgehead atoms. The van der Waals surface area contributed by atoms with Gasteiger partial charge in [-0.05, 0) is 24.1 Å². The quantitative estimate of drug-likeness (QED) is 0.470. The number of aliphatic imine (C=N–C) groups is 1. The highest BCUT2D eigenvalue weighted by molar-refractivity contribution is 14.0. The first-order chi connectivity index (χ1) is 9.29. The molecule has 0 aromatic heterocycles. The predicted molar refractivity (Wildman–Crippen MR) is 91.1 cm³/mol. The van der Waals surface area contributed by atoms with Crippen molar-refractivity contribution in [3.05, 3.63) is 23.8 Å². The minimum atomic E-state index is 0. The molecule has 0 spiro atoms. The maximum absolute atomic E-state index is 5.75. The molecule has 6 heteroatoms. The molecule has 0 saturated heterocycles. The molecule has 0 amide bonds. The van der Waals surface area contributed by atoms with Crippen LogP contribution in [0.1, 0.15) is 25.3 Å². The van der Waals surface area contributed by atoms with E-state index < -0.39 is 0 Å². The summed E-state index contributed by atoms with van der Waals surface area (Å²) in [4.78, 5) is 4.29. The Balaban J connectivity index is 0.00000200. The Hall–Kier alpha value is -1.18. The molecule has 0 fully saturated rings. The first-order valence-corrected chi connectivity index (χ1v) is 6.72. The third kappa shape index (κ3) is 5.07. The Labute approximate surface area is 137 Å². The van der Waals surface area contributed by atoms with Crippen molar-refractivity contribution in [1.29, 1.82) is 0 Å². The van der Waals surface area contributed by atoms with Crippen LogP contribution in [0.4, 0.5) is 0 Å². The van der Waals surface area contributed by atoms with E-state index in [-0.39, 0.29) is 24.0 Å². The van der Waals surface area contributed by atoms with Crippen LogP contribution in [0.15, 0.2) is 23.2 Å². The van der Waals surface area contributed by atoms with Gasteiger partial charge in [0.2, 0.25) is 0 Å². The summed E-state index contributed by atoms with van der Waals surface area (Å²) in [5.41, 5.74) is 6.81. The largest absolute Gasteiger partial charge is 0.490 e. The molecule has 112 valence electrons. The van der Waals surface area contributed by atoms with Crippen molar-refractivity contribution in [3.8, 4) is 11.5 Å². The zero-order chi connectivity index (χ0) is 13.5. The summed E-state index contributed by atoms with van der Waals surface area (Å²) in [6.45, 7) is 4.87. The van der Waals surface area contributed by atoms with Crippen molar-refractivity contribution in [1.82, 2.24) is 5.32 Å². The van der Waals surface area contributed by atoms with E-state index in [1.165, 1.54) is 0 Å². The summed E-state index contributed by atoms with van der Waals surface area (Å²) < 4.78 is 11.2. The second kappa shape index (κ2) is 8.89. The Bertz CT molecular complexity index is 452. The summed E-state index contributed by atoms with van der Waals surface area (Å²) in [6.07, 6.45) is 1.94. The number of hydrogen-bond donors (Lipinski definition) is 2. The van der Waals surface area contributed by atoms with Gasteiger partial charge >= 0.3 is 0 Å². The van der Waals surface area contributed by atoms with Crippen LogP contribution in [-0.2, 0) is 6.54 Å². The number of rotatable bonds is 4. The highest BCUT2D eigenvalue weighted by Crippen LogP contribution is 2.30. The monoisotopic (exact) mass is 391 g/mol. The number of guanidine groups is 1. The molecule has 0 radical (unpaired) electrons. The molecule has 5 nitrogen and oxygen atoms in total. The second-order valence-corrected chi connectivity index (χ2v) is 4.46. The zero-order valence-electron chi connectivity index (χ0n) is 11.7. The number of ether oxygens (including phenoxy) is 2. The Kier molecular flexibility index (Phi) is 7.50. The first kappa shape index (κ1) is 16.9. The van der Waals surface area contributed by atoms with Crippen molar-refractivity contribution in [2.24, 2.45) is 10.7 Å². The molecule has 0 atom stereocenters. The van der Waals surface area contributed by atoms with Crippen LogP contribution >= 0.6 is 24.0 Å². The lowest BCUT2D eigenvalue weighted by molar-refractivity contribution is 0.297. The van der Waals surface area contributed by atoms with E-state index >= 15 is 0 Å². The smallest absolute Gasteiger partial charge is 0.188 e. The molecule has 1 aliphatic heterocycles. The maximum atomic E-state index is 5.75. The van der Waals surface area contributed by atoms with Crippen molar-refractivity contribution < 1.29 is 9.47 Å². The summed E-state index contributed by atoms with van der Waals surface area (Å²) in [7, 11) is 0.